The van der Waals surface area contributed by atoms with Gasteiger partial charge in [0, 0.05) is 40.2 Å². The molecule has 4 aromatic rings. The van der Waals surface area contributed by atoms with Crippen LogP contribution in [0.15, 0.2) is 103 Å². The normalized spacial score (nSPS) is 22.6. The first-order valence-electron chi connectivity index (χ1n) is 15.5. The van der Waals surface area contributed by atoms with Crippen molar-refractivity contribution in [2.45, 2.75) is 44.7 Å². The molecule has 1 fully saturated rings. The number of nitro benzene ring substituents is 1. The van der Waals surface area contributed by atoms with Crippen LogP contribution in [0.5, 0.6) is 0 Å². The number of fused-ring (bicyclic) bond motifs is 6. The van der Waals surface area contributed by atoms with Gasteiger partial charge < -0.3 is 10.2 Å². The van der Waals surface area contributed by atoms with E-state index in [1.165, 1.54) is 24.3 Å². The molecule has 4 aromatic carbocycles. The molecule has 3 heterocycles. The van der Waals surface area contributed by atoms with E-state index in [2.05, 4.69) is 19.2 Å². The van der Waals surface area contributed by atoms with E-state index < -0.39 is 28.3 Å². The number of benzene rings is 4. The van der Waals surface area contributed by atoms with Crippen LogP contribution in [-0.2, 0) is 16.6 Å². The Morgan fingerprint density at radius 2 is 1.52 bits per heavy atom. The molecular formula is C38H33N3O5. The predicted octanol–water partition coefficient (Wildman–Crippen LogP) is 7.04. The number of rotatable bonds is 7. The molecule has 1 saturated heterocycles. The number of nitrogens with one attached hydrogen (secondary N) is 1. The maximum Gasteiger partial charge on any atom is 0.269 e. The van der Waals surface area contributed by atoms with Crippen LogP contribution < -0.4 is 10.2 Å². The number of allylic oxidation sites excluding steroid dienone is 1. The summed E-state index contributed by atoms with van der Waals surface area (Å²) >= 11 is 0. The van der Waals surface area contributed by atoms with Gasteiger partial charge in [-0.2, -0.15) is 0 Å². The molecule has 0 saturated carbocycles. The fraction of sp³-hybridized carbons (Fsp3) is 0.237. The summed E-state index contributed by atoms with van der Waals surface area (Å²) in [4.78, 5) is 57.3. The molecule has 0 radical (unpaired) electrons. The first kappa shape index (κ1) is 29.3. The van der Waals surface area contributed by atoms with Crippen molar-refractivity contribution in [1.82, 2.24) is 0 Å². The first-order valence-corrected chi connectivity index (χ1v) is 15.5. The summed E-state index contributed by atoms with van der Waals surface area (Å²) < 4.78 is 0. The van der Waals surface area contributed by atoms with Crippen molar-refractivity contribution < 1.29 is 19.3 Å². The van der Waals surface area contributed by atoms with Crippen molar-refractivity contribution >= 4 is 40.1 Å². The molecule has 3 aliphatic heterocycles. The number of Topliss-reactive ketones (excluding diaryl/α,β-unsaturated/α-hetero) is 2. The molecule has 1 spiro atoms. The molecule has 0 aliphatic carbocycles. The van der Waals surface area contributed by atoms with Crippen molar-refractivity contribution in [2.75, 3.05) is 10.2 Å². The molecule has 46 heavy (non-hydrogen) atoms. The van der Waals surface area contributed by atoms with E-state index in [4.69, 9.17) is 0 Å². The number of hydrogen-bond donors (Lipinski definition) is 1. The molecule has 1 amide bonds. The Morgan fingerprint density at radius 3 is 2.22 bits per heavy atom. The summed E-state index contributed by atoms with van der Waals surface area (Å²) in [5, 5.41) is 14.5. The fourth-order valence-corrected chi connectivity index (χ4v) is 7.76. The van der Waals surface area contributed by atoms with Gasteiger partial charge in [-0.25, -0.2) is 0 Å². The van der Waals surface area contributed by atoms with Crippen LogP contribution in [0, 0.1) is 22.0 Å². The van der Waals surface area contributed by atoms with E-state index in [0.717, 1.165) is 28.8 Å². The van der Waals surface area contributed by atoms with Gasteiger partial charge in [-0.3, -0.25) is 24.5 Å². The van der Waals surface area contributed by atoms with Gasteiger partial charge in [-0.05, 0) is 60.2 Å². The minimum Gasteiger partial charge on any atom is -0.352 e. The van der Waals surface area contributed by atoms with E-state index in [0.29, 0.717) is 22.7 Å². The lowest BCUT2D eigenvalue weighted by Crippen LogP contribution is -2.51. The van der Waals surface area contributed by atoms with Gasteiger partial charge in [0.2, 0.25) is 5.91 Å². The van der Waals surface area contributed by atoms with Gasteiger partial charge in [0.15, 0.2) is 11.6 Å². The number of carbonyl (C=O) groups is 3. The zero-order valence-electron chi connectivity index (χ0n) is 25.8. The fourth-order valence-electron chi connectivity index (χ4n) is 7.76. The van der Waals surface area contributed by atoms with E-state index in [1.54, 1.807) is 12.1 Å². The average Bonchev–Trinajstić information content (AvgIpc) is 3.52. The van der Waals surface area contributed by atoms with Crippen LogP contribution >= 0.6 is 0 Å². The minimum absolute atomic E-state index is 0.141. The van der Waals surface area contributed by atoms with Crippen molar-refractivity contribution in [1.29, 1.82) is 0 Å². The van der Waals surface area contributed by atoms with Gasteiger partial charge in [0.25, 0.3) is 5.69 Å². The largest absolute Gasteiger partial charge is 0.352 e. The van der Waals surface area contributed by atoms with Crippen molar-refractivity contribution in [3.05, 3.63) is 141 Å². The minimum atomic E-state index is -1.43. The summed E-state index contributed by atoms with van der Waals surface area (Å²) in [6.45, 7) is 6.25. The first-order chi connectivity index (χ1) is 22.1. The van der Waals surface area contributed by atoms with E-state index >= 15 is 4.79 Å². The highest BCUT2D eigenvalue weighted by atomic mass is 16.6. The van der Waals surface area contributed by atoms with Crippen LogP contribution in [0.3, 0.4) is 0 Å². The van der Waals surface area contributed by atoms with Crippen LogP contribution in [0.1, 0.15) is 58.2 Å². The van der Waals surface area contributed by atoms with Crippen LogP contribution in [-0.4, -0.2) is 34.5 Å². The van der Waals surface area contributed by atoms with Crippen molar-refractivity contribution in [2.24, 2.45) is 11.8 Å². The number of non-ortho nitro benzene ring substituents is 1. The third-order valence-corrected chi connectivity index (χ3v) is 9.68. The van der Waals surface area contributed by atoms with Crippen LogP contribution in [0.4, 0.5) is 17.1 Å². The number of amides is 1. The van der Waals surface area contributed by atoms with Gasteiger partial charge >= 0.3 is 0 Å². The number of nitro groups is 1. The lowest BCUT2D eigenvalue weighted by Gasteiger charge is -2.39. The number of para-hydroxylation sites is 2. The quantitative estimate of drug-likeness (QED) is 0.136. The topological polar surface area (TPSA) is 110 Å². The molecular weight excluding hydrogens is 578 g/mol. The molecule has 3 aliphatic rings. The lowest BCUT2D eigenvalue weighted by molar-refractivity contribution is -0.384. The maximum absolute atomic E-state index is 15.1. The smallest absolute Gasteiger partial charge is 0.269 e. The molecule has 8 nitrogen and oxygen atoms in total. The molecule has 4 atom stereocenters. The summed E-state index contributed by atoms with van der Waals surface area (Å²) in [5.41, 5.74) is 4.08. The summed E-state index contributed by atoms with van der Waals surface area (Å²) in [6.07, 6.45) is 2.87. The summed E-state index contributed by atoms with van der Waals surface area (Å²) in [7, 11) is 0. The zero-order valence-corrected chi connectivity index (χ0v) is 25.8. The Hall–Kier alpha value is -5.37. The van der Waals surface area contributed by atoms with Gasteiger partial charge in [-0.15, -0.1) is 0 Å². The highest BCUT2D eigenvalue weighted by Gasteiger charge is 2.70. The third-order valence-electron chi connectivity index (χ3n) is 9.68. The zero-order chi connectivity index (χ0) is 32.3. The Bertz CT molecular complexity index is 1950. The molecule has 8 heteroatoms. The number of anilines is 2. The van der Waals surface area contributed by atoms with Gasteiger partial charge in [-0.1, -0.05) is 80.6 Å². The van der Waals surface area contributed by atoms with Crippen molar-refractivity contribution in [3.8, 4) is 0 Å². The van der Waals surface area contributed by atoms with Crippen molar-refractivity contribution in [3.63, 3.8) is 0 Å². The average molecular weight is 612 g/mol. The second-order valence-electron chi connectivity index (χ2n) is 12.8. The third kappa shape index (κ3) is 4.31. The predicted molar refractivity (Wildman–Crippen MR) is 177 cm³/mol. The highest BCUT2D eigenvalue weighted by Crippen LogP contribution is 2.58. The number of carbonyl (C=O) groups excluding carboxylic acids is 3. The van der Waals surface area contributed by atoms with E-state index in [-0.39, 0.29) is 28.7 Å². The number of ketones is 2. The summed E-state index contributed by atoms with van der Waals surface area (Å²) in [5.74, 6) is -1.70. The molecule has 0 unspecified atom stereocenters. The van der Waals surface area contributed by atoms with Gasteiger partial charge in [0.1, 0.15) is 11.5 Å². The highest BCUT2D eigenvalue weighted by molar-refractivity contribution is 6.18. The molecule has 1 N–H and O–H groups in total. The standard InChI is InChI=1S/C38H33N3O5/c1-22(2)20-24-12-14-25(15-13-24)35(42)33-34(36(43)26-16-18-27(19-17-26)41(45)46)40-31-11-7-4-8-28(31)23(3)21-32(40)38(33)29-9-5-6-10-30(29)39-37(38)44/h4-19,21-22,32-34H,20H2,1-3H3,(H,39,44)/t32-,33+,34-,38-/m1/s1. The maximum atomic E-state index is 15.1. The monoisotopic (exact) mass is 611 g/mol. The van der Waals surface area contributed by atoms with Gasteiger partial charge in [0.05, 0.1) is 16.9 Å². The Labute approximate surface area is 266 Å². The second-order valence-corrected chi connectivity index (χ2v) is 12.8. The lowest BCUT2D eigenvalue weighted by atomic mass is 9.64. The SMILES string of the molecule is CC1=C[C@H]2N(c3ccccc31)[C@@H](C(=O)c1ccc([N+](=O)[O-])cc1)[C@@H](C(=O)c1ccc(CC(C)C)cc1)[C@]21C(=O)Nc2ccccc21. The summed E-state index contributed by atoms with van der Waals surface area (Å²) in [6, 6.07) is 26.3. The number of nitrogens with zero attached hydrogens (tertiary/aromatic N) is 2. The van der Waals surface area contributed by atoms with Crippen LogP contribution in [0.2, 0.25) is 0 Å². The second kappa shape index (κ2) is 10.9. The molecule has 7 rings (SSSR count). The molecule has 0 aromatic heterocycles. The Balaban J connectivity index is 1.48. The van der Waals surface area contributed by atoms with E-state index in [1.807, 2.05) is 78.6 Å². The molecule has 230 valence electrons. The Kier molecular flexibility index (Phi) is 6.96. The van der Waals surface area contributed by atoms with E-state index in [9.17, 15) is 19.7 Å². The number of hydrogen-bond acceptors (Lipinski definition) is 6. The van der Waals surface area contributed by atoms with Crippen LogP contribution in [0.25, 0.3) is 5.57 Å². The molecule has 0 bridgehead atoms. The Morgan fingerprint density at radius 1 is 0.891 bits per heavy atom.